The van der Waals surface area contributed by atoms with Gasteiger partial charge >= 0.3 is 0 Å². The van der Waals surface area contributed by atoms with Gasteiger partial charge in [0.2, 0.25) is 5.91 Å². The molecule has 1 aromatic rings. The zero-order valence-electron chi connectivity index (χ0n) is 11.3. The van der Waals surface area contributed by atoms with Gasteiger partial charge in [-0.15, -0.1) is 11.8 Å². The maximum Gasteiger partial charge on any atom is 0.221 e. The predicted octanol–water partition coefficient (Wildman–Crippen LogP) is 1.26. The second-order valence-corrected chi connectivity index (χ2v) is 5.64. The van der Waals surface area contributed by atoms with Gasteiger partial charge in [-0.25, -0.2) is 0 Å². The Kier molecular flexibility index (Phi) is 6.91. The van der Waals surface area contributed by atoms with Crippen LogP contribution in [0.4, 0.5) is 0 Å². The van der Waals surface area contributed by atoms with Crippen LogP contribution in [0.3, 0.4) is 0 Å². The van der Waals surface area contributed by atoms with E-state index in [1.807, 2.05) is 0 Å². The molecule has 0 aromatic heterocycles. The molecule has 0 aliphatic rings. The summed E-state index contributed by atoms with van der Waals surface area (Å²) in [6, 6.07) is 5.68. The van der Waals surface area contributed by atoms with Gasteiger partial charge in [0.05, 0.1) is 19.3 Å². The van der Waals surface area contributed by atoms with E-state index >= 15 is 0 Å². The lowest BCUT2D eigenvalue weighted by Crippen LogP contribution is -2.40. The van der Waals surface area contributed by atoms with Crippen molar-refractivity contribution < 1.29 is 15.0 Å². The summed E-state index contributed by atoms with van der Waals surface area (Å²) in [5.74, 6) is 0.530. The van der Waals surface area contributed by atoms with Crippen LogP contribution in [-0.4, -0.2) is 41.1 Å². The van der Waals surface area contributed by atoms with Crippen molar-refractivity contribution in [3.05, 3.63) is 29.3 Å². The van der Waals surface area contributed by atoms with Crippen molar-refractivity contribution in [3.63, 3.8) is 0 Å². The van der Waals surface area contributed by atoms with E-state index in [9.17, 15) is 4.79 Å². The van der Waals surface area contributed by atoms with Crippen LogP contribution in [0.25, 0.3) is 0 Å². The number of nitrogens with one attached hydrogen (secondary N) is 1. The smallest absolute Gasteiger partial charge is 0.221 e. The van der Waals surface area contributed by atoms with E-state index in [4.69, 9.17) is 10.2 Å². The Morgan fingerprint density at radius 2 is 1.95 bits per heavy atom. The van der Waals surface area contributed by atoms with Crippen molar-refractivity contribution in [3.8, 4) is 0 Å². The molecular formula is C14H21NO3S. The fraction of sp³-hybridized carbons (Fsp3) is 0.500. The number of hydrogen-bond acceptors (Lipinski definition) is 4. The van der Waals surface area contributed by atoms with Crippen molar-refractivity contribution >= 4 is 17.7 Å². The van der Waals surface area contributed by atoms with Crippen LogP contribution in [0.1, 0.15) is 17.5 Å². The van der Waals surface area contributed by atoms with Crippen LogP contribution in [0.15, 0.2) is 23.1 Å². The van der Waals surface area contributed by atoms with Gasteiger partial charge in [-0.3, -0.25) is 4.79 Å². The molecule has 0 radical (unpaired) electrons. The Morgan fingerprint density at radius 1 is 1.26 bits per heavy atom. The van der Waals surface area contributed by atoms with E-state index in [-0.39, 0.29) is 19.1 Å². The first-order valence-corrected chi connectivity index (χ1v) is 7.26. The standard InChI is InChI=1S/C14H21NO3S/c1-10-3-4-13(7-11(10)2)19-6-5-14(18)15-12(8-16)9-17/h3-4,7,12,16-17H,5-6,8-9H2,1-2H3,(H,15,18). The largest absolute Gasteiger partial charge is 0.394 e. The van der Waals surface area contributed by atoms with Crippen LogP contribution >= 0.6 is 11.8 Å². The molecule has 1 amide bonds. The number of rotatable bonds is 7. The van der Waals surface area contributed by atoms with Gasteiger partial charge in [0.15, 0.2) is 0 Å². The summed E-state index contributed by atoms with van der Waals surface area (Å²) in [4.78, 5) is 12.7. The van der Waals surface area contributed by atoms with Crippen molar-refractivity contribution in [1.82, 2.24) is 5.32 Å². The van der Waals surface area contributed by atoms with Crippen molar-refractivity contribution in [2.24, 2.45) is 0 Å². The summed E-state index contributed by atoms with van der Waals surface area (Å²) in [6.45, 7) is 3.65. The lowest BCUT2D eigenvalue weighted by Gasteiger charge is -2.13. The number of carbonyl (C=O) groups is 1. The molecule has 1 rings (SSSR count). The summed E-state index contributed by atoms with van der Waals surface area (Å²) in [7, 11) is 0. The van der Waals surface area contributed by atoms with Crippen LogP contribution in [0.2, 0.25) is 0 Å². The third-order valence-corrected chi connectivity index (χ3v) is 3.88. The summed E-state index contributed by atoms with van der Waals surface area (Å²) in [5, 5.41) is 20.3. The average molecular weight is 283 g/mol. The molecule has 1 aromatic carbocycles. The lowest BCUT2D eigenvalue weighted by atomic mass is 10.1. The molecule has 5 heteroatoms. The number of carbonyl (C=O) groups excluding carboxylic acids is 1. The van der Waals surface area contributed by atoms with Gasteiger partial charge in [-0.05, 0) is 37.1 Å². The minimum absolute atomic E-state index is 0.149. The molecule has 0 bridgehead atoms. The fourth-order valence-corrected chi connectivity index (χ4v) is 2.46. The Labute approximate surface area is 118 Å². The average Bonchev–Trinajstić information content (AvgIpc) is 2.40. The number of thioether (sulfide) groups is 1. The van der Waals surface area contributed by atoms with Gasteiger partial charge in [0.1, 0.15) is 0 Å². The number of aliphatic hydroxyl groups is 2. The summed E-state index contributed by atoms with van der Waals surface area (Å²) in [5.41, 5.74) is 2.51. The van der Waals surface area contributed by atoms with E-state index in [2.05, 4.69) is 37.4 Å². The molecule has 0 aliphatic carbocycles. The Hall–Kier alpha value is -1.04. The Morgan fingerprint density at radius 3 is 2.53 bits per heavy atom. The third kappa shape index (κ3) is 5.63. The van der Waals surface area contributed by atoms with Gasteiger partial charge in [-0.2, -0.15) is 0 Å². The molecule has 0 unspecified atom stereocenters. The molecule has 4 nitrogen and oxygen atoms in total. The first-order valence-electron chi connectivity index (χ1n) is 6.28. The molecule has 0 heterocycles. The van der Waals surface area contributed by atoms with Crippen molar-refractivity contribution in [2.75, 3.05) is 19.0 Å². The monoisotopic (exact) mass is 283 g/mol. The minimum Gasteiger partial charge on any atom is -0.394 e. The number of amides is 1. The summed E-state index contributed by atoms with van der Waals surface area (Å²) >= 11 is 1.63. The quantitative estimate of drug-likeness (QED) is 0.659. The Balaban J connectivity index is 2.33. The van der Waals surface area contributed by atoms with Gasteiger partial charge in [-0.1, -0.05) is 6.07 Å². The van der Waals surface area contributed by atoms with Crippen LogP contribution < -0.4 is 5.32 Å². The summed E-state index contributed by atoms with van der Waals surface area (Å²) in [6.07, 6.45) is 0.369. The molecule has 0 spiro atoms. The highest BCUT2D eigenvalue weighted by molar-refractivity contribution is 7.99. The first kappa shape index (κ1) is 16.0. The highest BCUT2D eigenvalue weighted by Gasteiger charge is 2.09. The number of benzene rings is 1. The topological polar surface area (TPSA) is 69.6 Å². The van der Waals surface area contributed by atoms with Crippen LogP contribution in [-0.2, 0) is 4.79 Å². The molecule has 0 aliphatic heterocycles. The molecule has 0 saturated heterocycles. The van der Waals surface area contributed by atoms with Crippen LogP contribution in [0, 0.1) is 13.8 Å². The molecule has 0 atom stereocenters. The Bertz CT molecular complexity index is 419. The first-order chi connectivity index (χ1) is 9.06. The molecular weight excluding hydrogens is 262 g/mol. The van der Waals surface area contributed by atoms with Gasteiger partial charge < -0.3 is 15.5 Å². The zero-order chi connectivity index (χ0) is 14.3. The highest BCUT2D eigenvalue weighted by Crippen LogP contribution is 2.21. The third-order valence-electron chi connectivity index (χ3n) is 2.88. The molecule has 0 saturated carbocycles. The van der Waals surface area contributed by atoms with Crippen LogP contribution in [0.5, 0.6) is 0 Å². The van der Waals surface area contributed by atoms with Crippen molar-refractivity contribution in [1.29, 1.82) is 0 Å². The molecule has 19 heavy (non-hydrogen) atoms. The molecule has 3 N–H and O–H groups in total. The lowest BCUT2D eigenvalue weighted by molar-refractivity contribution is -0.122. The van der Waals surface area contributed by atoms with E-state index in [0.717, 1.165) is 4.90 Å². The normalized spacial score (nSPS) is 10.8. The van der Waals surface area contributed by atoms with E-state index in [1.54, 1.807) is 11.8 Å². The minimum atomic E-state index is -0.556. The van der Waals surface area contributed by atoms with E-state index in [1.165, 1.54) is 11.1 Å². The van der Waals surface area contributed by atoms with E-state index in [0.29, 0.717) is 12.2 Å². The summed E-state index contributed by atoms with van der Waals surface area (Å²) < 4.78 is 0. The number of aryl methyl sites for hydroxylation is 2. The predicted molar refractivity (Wildman–Crippen MR) is 77.4 cm³/mol. The molecule has 0 fully saturated rings. The van der Waals surface area contributed by atoms with Gasteiger partial charge in [0.25, 0.3) is 0 Å². The second-order valence-electron chi connectivity index (χ2n) is 4.47. The molecule has 106 valence electrons. The number of hydrogen-bond donors (Lipinski definition) is 3. The second kappa shape index (κ2) is 8.19. The zero-order valence-corrected chi connectivity index (χ0v) is 12.2. The van der Waals surface area contributed by atoms with Gasteiger partial charge in [0, 0.05) is 17.1 Å². The maximum atomic E-state index is 11.5. The van der Waals surface area contributed by atoms with E-state index < -0.39 is 6.04 Å². The fourth-order valence-electron chi connectivity index (χ4n) is 1.51. The number of aliphatic hydroxyl groups excluding tert-OH is 2. The SMILES string of the molecule is Cc1ccc(SCCC(=O)NC(CO)CO)cc1C. The highest BCUT2D eigenvalue weighted by atomic mass is 32.2. The maximum absolute atomic E-state index is 11.5. The van der Waals surface area contributed by atoms with Crippen molar-refractivity contribution in [2.45, 2.75) is 31.2 Å².